The Hall–Kier alpha value is -0.210. The summed E-state index contributed by atoms with van der Waals surface area (Å²) in [6.45, 7) is 2.20. The molecule has 0 saturated heterocycles. The van der Waals surface area contributed by atoms with Gasteiger partial charge >= 0.3 is 0 Å². The monoisotopic (exact) mass is 254 g/mol. The van der Waals surface area contributed by atoms with E-state index < -0.39 is 10.0 Å². The van der Waals surface area contributed by atoms with E-state index >= 15 is 0 Å². The van der Waals surface area contributed by atoms with Gasteiger partial charge in [0.25, 0.3) is 0 Å². The molecule has 0 aliphatic carbocycles. The summed E-state index contributed by atoms with van der Waals surface area (Å²) in [5.41, 5.74) is 0. The Balaban J connectivity index is 3.55. The van der Waals surface area contributed by atoms with E-state index in [0.717, 1.165) is 0 Å². The van der Waals surface area contributed by atoms with Gasteiger partial charge in [-0.15, -0.1) is 0 Å². The molecule has 0 fully saturated rings. The van der Waals surface area contributed by atoms with Crippen molar-refractivity contribution in [1.82, 2.24) is 9.62 Å². The van der Waals surface area contributed by atoms with E-state index in [1.54, 1.807) is 7.11 Å². The first-order valence-corrected chi connectivity index (χ1v) is 6.82. The molecule has 1 N–H and O–H groups in total. The highest BCUT2D eigenvalue weighted by molar-refractivity contribution is 7.89. The smallest absolute Gasteiger partial charge is 0.213 e. The average Bonchev–Trinajstić information content (AvgIpc) is 2.16. The first-order valence-electron chi connectivity index (χ1n) is 5.16. The quantitative estimate of drug-likeness (QED) is 0.513. The van der Waals surface area contributed by atoms with Gasteiger partial charge in [0.15, 0.2) is 0 Å². The van der Waals surface area contributed by atoms with Crippen molar-refractivity contribution < 1.29 is 17.9 Å². The average molecular weight is 254 g/mol. The van der Waals surface area contributed by atoms with Crippen LogP contribution in [0.1, 0.15) is 0 Å². The number of rotatable bonds is 10. The second-order valence-corrected chi connectivity index (χ2v) is 5.55. The van der Waals surface area contributed by atoms with Crippen LogP contribution in [0.15, 0.2) is 0 Å². The molecular formula is C9H22N2O4S. The van der Waals surface area contributed by atoms with Crippen LogP contribution in [0.2, 0.25) is 0 Å². The Kier molecular flexibility index (Phi) is 8.77. The van der Waals surface area contributed by atoms with E-state index in [9.17, 15) is 8.42 Å². The summed E-state index contributed by atoms with van der Waals surface area (Å²) in [6.07, 6.45) is 0. The van der Waals surface area contributed by atoms with Gasteiger partial charge in [-0.2, -0.15) is 0 Å². The molecule has 98 valence electrons. The van der Waals surface area contributed by atoms with Gasteiger partial charge in [-0.25, -0.2) is 13.1 Å². The van der Waals surface area contributed by atoms with Gasteiger partial charge in [0, 0.05) is 20.2 Å². The van der Waals surface area contributed by atoms with Crippen molar-refractivity contribution >= 4 is 10.0 Å². The molecule has 7 heteroatoms. The molecule has 0 aromatic carbocycles. The molecule has 0 saturated carbocycles. The van der Waals surface area contributed by atoms with E-state index in [4.69, 9.17) is 9.47 Å². The molecule has 0 rings (SSSR count). The number of sulfonamides is 1. The van der Waals surface area contributed by atoms with Crippen LogP contribution in [-0.2, 0) is 19.5 Å². The lowest BCUT2D eigenvalue weighted by Gasteiger charge is -2.10. The molecule has 0 radical (unpaired) electrons. The zero-order chi connectivity index (χ0) is 12.4. The summed E-state index contributed by atoms with van der Waals surface area (Å²) in [5, 5.41) is 0. The second kappa shape index (κ2) is 8.89. The highest BCUT2D eigenvalue weighted by Gasteiger charge is 2.08. The zero-order valence-electron chi connectivity index (χ0n) is 10.2. The van der Waals surface area contributed by atoms with E-state index in [0.29, 0.717) is 26.3 Å². The molecule has 16 heavy (non-hydrogen) atoms. The van der Waals surface area contributed by atoms with Crippen molar-refractivity contribution in [2.45, 2.75) is 0 Å². The molecule has 6 nitrogen and oxygen atoms in total. The fourth-order valence-corrected chi connectivity index (χ4v) is 1.79. The predicted molar refractivity (Wildman–Crippen MR) is 63.0 cm³/mol. The van der Waals surface area contributed by atoms with E-state index in [1.165, 1.54) is 0 Å². The maximum atomic E-state index is 11.4. The van der Waals surface area contributed by atoms with Crippen LogP contribution in [-0.4, -0.2) is 73.2 Å². The first-order chi connectivity index (χ1) is 7.48. The lowest BCUT2D eigenvalue weighted by atomic mass is 10.6. The third-order valence-corrected chi connectivity index (χ3v) is 3.16. The number of nitrogens with zero attached hydrogens (tertiary/aromatic N) is 1. The van der Waals surface area contributed by atoms with Crippen LogP contribution in [0.3, 0.4) is 0 Å². The molecule has 0 aromatic rings. The minimum atomic E-state index is -3.21. The molecule has 0 heterocycles. The number of nitrogens with one attached hydrogen (secondary N) is 1. The van der Waals surface area contributed by atoms with Gasteiger partial charge in [-0.1, -0.05) is 0 Å². The normalized spacial score (nSPS) is 12.2. The van der Waals surface area contributed by atoms with Crippen molar-refractivity contribution in [2.75, 3.05) is 59.9 Å². The van der Waals surface area contributed by atoms with Crippen LogP contribution < -0.4 is 4.72 Å². The van der Waals surface area contributed by atoms with Gasteiger partial charge < -0.3 is 14.4 Å². The largest absolute Gasteiger partial charge is 0.382 e. The van der Waals surface area contributed by atoms with Crippen LogP contribution in [0.4, 0.5) is 0 Å². The first kappa shape index (κ1) is 15.8. The number of methoxy groups -OCH3 is 1. The Morgan fingerprint density at radius 1 is 1.19 bits per heavy atom. The lowest BCUT2D eigenvalue weighted by Crippen LogP contribution is -2.34. The summed E-state index contributed by atoms with van der Waals surface area (Å²) in [5.74, 6) is -0.00978. The molecule has 0 aliphatic rings. The van der Waals surface area contributed by atoms with Gasteiger partial charge in [0.1, 0.15) is 0 Å². The highest BCUT2D eigenvalue weighted by Crippen LogP contribution is 1.86. The number of likely N-dealkylation sites (N-methyl/N-ethyl adjacent to an activating group) is 1. The van der Waals surface area contributed by atoms with Crippen molar-refractivity contribution in [2.24, 2.45) is 0 Å². The fourth-order valence-electron chi connectivity index (χ4n) is 0.910. The van der Waals surface area contributed by atoms with Crippen LogP contribution in [0.5, 0.6) is 0 Å². The summed E-state index contributed by atoms with van der Waals surface area (Å²) in [4.78, 5) is 1.91. The summed E-state index contributed by atoms with van der Waals surface area (Å²) in [7, 11) is 2.15. The molecule has 0 bridgehead atoms. The second-order valence-electron chi connectivity index (χ2n) is 3.62. The predicted octanol–water partition coefficient (Wildman–Crippen LogP) is -0.870. The molecule has 0 aromatic heterocycles. The third kappa shape index (κ3) is 10.3. The Labute approximate surface area is 98.0 Å². The Bertz CT molecular complexity index is 254. The number of hydrogen-bond donors (Lipinski definition) is 1. The van der Waals surface area contributed by atoms with Crippen molar-refractivity contribution in [3.05, 3.63) is 0 Å². The van der Waals surface area contributed by atoms with E-state index in [-0.39, 0.29) is 12.4 Å². The van der Waals surface area contributed by atoms with Crippen LogP contribution >= 0.6 is 0 Å². The molecular weight excluding hydrogens is 232 g/mol. The maximum Gasteiger partial charge on any atom is 0.213 e. The maximum absolute atomic E-state index is 11.4. The van der Waals surface area contributed by atoms with Crippen LogP contribution in [0.25, 0.3) is 0 Å². The zero-order valence-corrected chi connectivity index (χ0v) is 11.0. The Morgan fingerprint density at radius 2 is 1.88 bits per heavy atom. The van der Waals surface area contributed by atoms with Gasteiger partial charge in [-0.05, 0) is 14.1 Å². The van der Waals surface area contributed by atoms with Gasteiger partial charge in [-0.3, -0.25) is 0 Å². The van der Waals surface area contributed by atoms with Crippen molar-refractivity contribution in [3.63, 3.8) is 0 Å². The third-order valence-electron chi connectivity index (χ3n) is 1.81. The lowest BCUT2D eigenvalue weighted by molar-refractivity contribution is 0.0784. The van der Waals surface area contributed by atoms with E-state index in [1.807, 2.05) is 19.0 Å². The SMILES string of the molecule is COCCOCCS(=O)(=O)NCCN(C)C. The molecule has 0 aliphatic heterocycles. The fraction of sp³-hybridized carbons (Fsp3) is 1.00. The van der Waals surface area contributed by atoms with Crippen LogP contribution in [0, 0.1) is 0 Å². The van der Waals surface area contributed by atoms with Crippen molar-refractivity contribution in [3.8, 4) is 0 Å². The standard InChI is InChI=1S/C9H22N2O4S/c1-11(2)5-4-10-16(12,13)9-8-15-7-6-14-3/h10H,4-9H2,1-3H3. The summed E-state index contributed by atoms with van der Waals surface area (Å²) in [6, 6.07) is 0. The highest BCUT2D eigenvalue weighted by atomic mass is 32.2. The molecule has 0 amide bonds. The van der Waals surface area contributed by atoms with E-state index in [2.05, 4.69) is 4.72 Å². The minimum absolute atomic E-state index is 0.00978. The van der Waals surface area contributed by atoms with Gasteiger partial charge in [0.05, 0.1) is 25.6 Å². The topological polar surface area (TPSA) is 67.9 Å². The molecule has 0 spiro atoms. The minimum Gasteiger partial charge on any atom is -0.382 e. The van der Waals surface area contributed by atoms with Gasteiger partial charge in [0.2, 0.25) is 10.0 Å². The Morgan fingerprint density at radius 3 is 2.44 bits per heavy atom. The molecule has 0 atom stereocenters. The number of ether oxygens (including phenoxy) is 2. The number of hydrogen-bond acceptors (Lipinski definition) is 5. The molecule has 0 unspecified atom stereocenters. The van der Waals surface area contributed by atoms with Crippen molar-refractivity contribution in [1.29, 1.82) is 0 Å². The summed E-state index contributed by atoms with van der Waals surface area (Å²) >= 11 is 0. The summed E-state index contributed by atoms with van der Waals surface area (Å²) < 4.78 is 35.2.